The van der Waals surface area contributed by atoms with Crippen molar-refractivity contribution in [2.75, 3.05) is 6.61 Å². The third-order valence-corrected chi connectivity index (χ3v) is 8.01. The number of aromatic amines is 1. The van der Waals surface area contributed by atoms with Gasteiger partial charge >= 0.3 is 0 Å². The van der Waals surface area contributed by atoms with Crippen LogP contribution in [-0.2, 0) is 11.5 Å². The lowest BCUT2D eigenvalue weighted by Crippen LogP contribution is -2.25. The Labute approximate surface area is 137 Å². The Kier molecular flexibility index (Phi) is 4.63. The van der Waals surface area contributed by atoms with Crippen molar-refractivity contribution in [2.45, 2.75) is 38.8 Å². The first-order chi connectivity index (χ1) is 11.1. The monoisotopic (exact) mass is 328 g/mol. The zero-order chi connectivity index (χ0) is 16.3. The first kappa shape index (κ1) is 16.0. The van der Waals surface area contributed by atoms with Gasteiger partial charge in [0.1, 0.15) is 18.7 Å². The van der Waals surface area contributed by atoms with E-state index in [9.17, 15) is 0 Å². The minimum Gasteiger partial charge on any atom is -0.367 e. The predicted molar refractivity (Wildman–Crippen MR) is 96.0 cm³/mol. The summed E-state index contributed by atoms with van der Waals surface area (Å²) in [5, 5.41) is 1.05. The number of hydrogen-bond donors (Lipinski definition) is 1. The predicted octanol–water partition coefficient (Wildman–Crippen LogP) is 4.13. The van der Waals surface area contributed by atoms with Crippen LogP contribution in [-0.4, -0.2) is 34.2 Å². The van der Waals surface area contributed by atoms with E-state index in [0.29, 0.717) is 6.73 Å². The number of aromatic nitrogens is 4. The summed E-state index contributed by atoms with van der Waals surface area (Å²) in [7, 11) is -1.06. The molecule has 5 nitrogen and oxygen atoms in total. The van der Waals surface area contributed by atoms with E-state index in [1.165, 1.54) is 12.1 Å². The molecule has 122 valence electrons. The van der Waals surface area contributed by atoms with Gasteiger partial charge in [-0.15, -0.1) is 0 Å². The average molecular weight is 328 g/mol. The molecule has 23 heavy (non-hydrogen) atoms. The van der Waals surface area contributed by atoms with Crippen LogP contribution in [0, 0.1) is 0 Å². The van der Waals surface area contributed by atoms with Gasteiger partial charge in [-0.1, -0.05) is 26.1 Å². The number of fused-ring (bicyclic) bond motifs is 1. The molecule has 0 atom stereocenters. The van der Waals surface area contributed by atoms with Gasteiger partial charge in [-0.25, -0.2) is 9.97 Å². The molecule has 3 aromatic heterocycles. The summed E-state index contributed by atoms with van der Waals surface area (Å²) >= 11 is 0. The summed E-state index contributed by atoms with van der Waals surface area (Å²) in [5.41, 5.74) is 2.95. The zero-order valence-corrected chi connectivity index (χ0v) is 15.0. The number of ether oxygens (including phenoxy) is 1. The molecule has 0 unspecified atom stereocenters. The summed E-state index contributed by atoms with van der Waals surface area (Å²) in [4.78, 5) is 11.9. The van der Waals surface area contributed by atoms with E-state index in [4.69, 9.17) is 4.74 Å². The van der Waals surface area contributed by atoms with Crippen molar-refractivity contribution in [2.24, 2.45) is 0 Å². The fourth-order valence-corrected chi connectivity index (χ4v) is 3.55. The smallest absolute Gasteiger partial charge is 0.145 e. The highest BCUT2D eigenvalue weighted by Crippen LogP contribution is 2.25. The quantitative estimate of drug-likeness (QED) is 0.524. The third-order valence-electron chi connectivity index (χ3n) is 4.54. The van der Waals surface area contributed by atoms with Crippen molar-refractivity contribution in [1.29, 1.82) is 0 Å². The van der Waals surface area contributed by atoms with Crippen molar-refractivity contribution in [1.82, 2.24) is 19.5 Å². The number of rotatable bonds is 7. The Morgan fingerprint density at radius 3 is 2.87 bits per heavy atom. The summed E-state index contributed by atoms with van der Waals surface area (Å²) in [5.74, 6) is 0. The standard InChI is InChI=1S/C17H24N4OSi/c1-4-23(2,3)10-9-22-13-21-8-6-15-16(14-5-7-18-11-14)19-12-20-17(15)21/h5-8,11-12,18H,4,9-10,13H2,1-3H3. The van der Waals surface area contributed by atoms with Gasteiger partial charge in [0.15, 0.2) is 0 Å². The Bertz CT molecular complexity index is 764. The molecule has 0 radical (unpaired) electrons. The van der Waals surface area contributed by atoms with Gasteiger partial charge in [0.2, 0.25) is 0 Å². The van der Waals surface area contributed by atoms with Crippen molar-refractivity contribution < 1.29 is 4.74 Å². The van der Waals surface area contributed by atoms with Gasteiger partial charge in [-0.2, -0.15) is 0 Å². The molecule has 0 aromatic carbocycles. The molecule has 0 aliphatic rings. The molecule has 0 bridgehead atoms. The van der Waals surface area contributed by atoms with Crippen LogP contribution in [0.15, 0.2) is 37.1 Å². The van der Waals surface area contributed by atoms with E-state index < -0.39 is 8.07 Å². The van der Waals surface area contributed by atoms with Gasteiger partial charge in [-0.3, -0.25) is 0 Å². The molecule has 0 aliphatic heterocycles. The molecular weight excluding hydrogens is 304 g/mol. The van der Waals surface area contributed by atoms with Gasteiger partial charge in [0, 0.05) is 44.2 Å². The summed E-state index contributed by atoms with van der Waals surface area (Å²) < 4.78 is 7.93. The number of H-pyrrole nitrogens is 1. The molecular formula is C17H24N4OSi. The lowest BCUT2D eigenvalue weighted by Gasteiger charge is -2.19. The Morgan fingerprint density at radius 1 is 1.26 bits per heavy atom. The maximum Gasteiger partial charge on any atom is 0.145 e. The minimum absolute atomic E-state index is 0.543. The van der Waals surface area contributed by atoms with E-state index in [0.717, 1.165) is 28.9 Å². The molecule has 0 amide bonds. The molecule has 0 saturated carbocycles. The van der Waals surface area contributed by atoms with Crippen molar-refractivity contribution in [3.05, 3.63) is 37.1 Å². The summed E-state index contributed by atoms with van der Waals surface area (Å²) in [6.45, 7) is 8.48. The third kappa shape index (κ3) is 3.54. The van der Waals surface area contributed by atoms with Gasteiger partial charge < -0.3 is 14.3 Å². The van der Waals surface area contributed by atoms with Crippen LogP contribution in [0.5, 0.6) is 0 Å². The van der Waals surface area contributed by atoms with Crippen LogP contribution >= 0.6 is 0 Å². The molecule has 3 aromatic rings. The van der Waals surface area contributed by atoms with Gasteiger partial charge in [0.05, 0.1) is 5.69 Å². The van der Waals surface area contributed by atoms with Crippen LogP contribution in [0.3, 0.4) is 0 Å². The highest BCUT2D eigenvalue weighted by atomic mass is 28.3. The highest BCUT2D eigenvalue weighted by molar-refractivity contribution is 6.77. The number of nitrogens with zero attached hydrogens (tertiary/aromatic N) is 3. The van der Waals surface area contributed by atoms with Crippen LogP contribution in [0.25, 0.3) is 22.3 Å². The zero-order valence-electron chi connectivity index (χ0n) is 14.0. The Hall–Kier alpha value is -1.92. The second-order valence-electron chi connectivity index (χ2n) is 6.65. The highest BCUT2D eigenvalue weighted by Gasteiger charge is 2.17. The number of hydrogen-bond acceptors (Lipinski definition) is 3. The summed E-state index contributed by atoms with van der Waals surface area (Å²) in [6, 6.07) is 6.58. The normalized spacial score (nSPS) is 12.1. The van der Waals surface area contributed by atoms with E-state index in [-0.39, 0.29) is 0 Å². The Balaban J connectivity index is 1.72. The van der Waals surface area contributed by atoms with Crippen molar-refractivity contribution >= 4 is 19.1 Å². The lowest BCUT2D eigenvalue weighted by molar-refractivity contribution is 0.0898. The number of nitrogens with one attached hydrogen (secondary N) is 1. The average Bonchev–Trinajstić information content (AvgIpc) is 3.21. The summed E-state index contributed by atoms with van der Waals surface area (Å²) in [6.07, 6.45) is 7.50. The van der Waals surface area contributed by atoms with E-state index in [1.54, 1.807) is 6.33 Å². The molecule has 6 heteroatoms. The van der Waals surface area contributed by atoms with Gasteiger partial charge in [-0.05, 0) is 18.2 Å². The van der Waals surface area contributed by atoms with Gasteiger partial charge in [0.25, 0.3) is 0 Å². The van der Waals surface area contributed by atoms with Crippen molar-refractivity contribution in [3.63, 3.8) is 0 Å². The molecule has 0 saturated heterocycles. The fourth-order valence-electron chi connectivity index (χ4n) is 2.50. The first-order valence-electron chi connectivity index (χ1n) is 8.11. The first-order valence-corrected chi connectivity index (χ1v) is 11.5. The second kappa shape index (κ2) is 6.68. The maximum absolute atomic E-state index is 5.89. The maximum atomic E-state index is 5.89. The fraction of sp³-hybridized carbons (Fsp3) is 0.412. The largest absolute Gasteiger partial charge is 0.367 e. The molecule has 0 fully saturated rings. The molecule has 0 spiro atoms. The molecule has 3 rings (SSSR count). The molecule has 1 N–H and O–H groups in total. The topological polar surface area (TPSA) is 55.7 Å². The van der Waals surface area contributed by atoms with Crippen LogP contribution < -0.4 is 0 Å². The Morgan fingerprint density at radius 2 is 2.13 bits per heavy atom. The van der Waals surface area contributed by atoms with E-state index >= 15 is 0 Å². The SMILES string of the molecule is CC[Si](C)(C)CCOCn1ccc2c(-c3cc[nH]c3)ncnc21. The second-order valence-corrected chi connectivity index (χ2v) is 12.2. The lowest BCUT2D eigenvalue weighted by atomic mass is 10.2. The van der Waals surface area contributed by atoms with E-state index in [1.807, 2.05) is 29.2 Å². The van der Waals surface area contributed by atoms with Crippen LogP contribution in [0.4, 0.5) is 0 Å². The van der Waals surface area contributed by atoms with Crippen LogP contribution in [0.1, 0.15) is 6.92 Å². The van der Waals surface area contributed by atoms with Crippen molar-refractivity contribution in [3.8, 4) is 11.3 Å². The van der Waals surface area contributed by atoms with E-state index in [2.05, 4.69) is 41.0 Å². The minimum atomic E-state index is -1.06. The molecule has 0 aliphatic carbocycles. The molecule has 3 heterocycles. The van der Waals surface area contributed by atoms with Crippen LogP contribution in [0.2, 0.25) is 25.2 Å².